The second kappa shape index (κ2) is 4.63. The molecule has 2 N–H and O–H groups in total. The van der Waals surface area contributed by atoms with Gasteiger partial charge in [0.15, 0.2) is 5.69 Å². The summed E-state index contributed by atoms with van der Waals surface area (Å²) in [6.07, 6.45) is 0.819. The Bertz CT molecular complexity index is 400. The summed E-state index contributed by atoms with van der Waals surface area (Å²) in [7, 11) is 1.34. The van der Waals surface area contributed by atoms with E-state index in [1.54, 1.807) is 4.68 Å². The molecule has 0 spiro atoms. The molecule has 0 aliphatic carbocycles. The minimum absolute atomic E-state index is 0.0160. The largest absolute Gasteiger partial charge is 0.464 e. The number of hydrogen-bond acceptors (Lipinski definition) is 5. The van der Waals surface area contributed by atoms with Crippen LogP contribution in [0.15, 0.2) is 0 Å². The molecule has 16 heavy (non-hydrogen) atoms. The number of methoxy groups -OCH3 is 1. The van der Waals surface area contributed by atoms with Crippen LogP contribution < -0.4 is 5.32 Å². The van der Waals surface area contributed by atoms with E-state index >= 15 is 0 Å². The fourth-order valence-corrected chi connectivity index (χ4v) is 1.96. The number of fused-ring (bicyclic) bond motifs is 1. The van der Waals surface area contributed by atoms with E-state index in [0.717, 1.165) is 24.2 Å². The normalized spacial score (nSPS) is 14.6. The van der Waals surface area contributed by atoms with Gasteiger partial charge in [0.05, 0.1) is 20.3 Å². The molecule has 0 unspecified atom stereocenters. The van der Waals surface area contributed by atoms with Crippen molar-refractivity contribution in [2.24, 2.45) is 0 Å². The molecule has 0 saturated heterocycles. The highest BCUT2D eigenvalue weighted by Gasteiger charge is 2.24. The van der Waals surface area contributed by atoms with Crippen molar-refractivity contribution in [1.29, 1.82) is 0 Å². The summed E-state index contributed by atoms with van der Waals surface area (Å²) in [5.41, 5.74) is 2.28. The van der Waals surface area contributed by atoms with Crippen LogP contribution in [0.5, 0.6) is 0 Å². The Kier molecular flexibility index (Phi) is 3.21. The van der Waals surface area contributed by atoms with Crippen molar-refractivity contribution < 1.29 is 14.6 Å². The molecular formula is C10H15N3O3. The molecule has 0 amide bonds. The van der Waals surface area contributed by atoms with Crippen LogP contribution in [0.2, 0.25) is 0 Å². The maximum Gasteiger partial charge on any atom is 0.358 e. The van der Waals surface area contributed by atoms with Crippen LogP contribution in [0.3, 0.4) is 0 Å². The lowest BCUT2D eigenvalue weighted by Crippen LogP contribution is -2.26. The van der Waals surface area contributed by atoms with Crippen LogP contribution >= 0.6 is 0 Å². The summed E-state index contributed by atoms with van der Waals surface area (Å²) >= 11 is 0. The number of nitrogens with zero attached hydrogens (tertiary/aromatic N) is 2. The van der Waals surface area contributed by atoms with Gasteiger partial charge in [-0.2, -0.15) is 5.10 Å². The fraction of sp³-hybridized carbons (Fsp3) is 0.600. The zero-order valence-electron chi connectivity index (χ0n) is 9.19. The third kappa shape index (κ3) is 1.81. The highest BCUT2D eigenvalue weighted by molar-refractivity contribution is 5.89. The van der Waals surface area contributed by atoms with E-state index in [1.165, 1.54) is 7.11 Å². The topological polar surface area (TPSA) is 76.4 Å². The Labute approximate surface area is 93.2 Å². The number of rotatable bonds is 3. The monoisotopic (exact) mass is 225 g/mol. The van der Waals surface area contributed by atoms with Gasteiger partial charge in [0.2, 0.25) is 0 Å². The Morgan fingerprint density at radius 1 is 1.69 bits per heavy atom. The average molecular weight is 225 g/mol. The van der Waals surface area contributed by atoms with Crippen LogP contribution in [0, 0.1) is 0 Å². The molecule has 6 heteroatoms. The van der Waals surface area contributed by atoms with Gasteiger partial charge in [0.25, 0.3) is 0 Å². The van der Waals surface area contributed by atoms with Crippen molar-refractivity contribution in [3.05, 3.63) is 17.0 Å². The van der Waals surface area contributed by atoms with Gasteiger partial charge in [-0.05, 0) is 0 Å². The van der Waals surface area contributed by atoms with E-state index in [0.29, 0.717) is 18.8 Å². The predicted octanol–water partition coefficient (Wildman–Crippen LogP) is -0.692. The van der Waals surface area contributed by atoms with Crippen molar-refractivity contribution in [2.45, 2.75) is 19.5 Å². The van der Waals surface area contributed by atoms with Crippen LogP contribution in [0.1, 0.15) is 21.7 Å². The summed E-state index contributed by atoms with van der Waals surface area (Å²) in [6, 6.07) is 0. The Balaban J connectivity index is 2.41. The van der Waals surface area contributed by atoms with Gasteiger partial charge >= 0.3 is 5.97 Å². The SMILES string of the molecule is COC(=O)c1nn(CCO)c2c1CNCC2. The van der Waals surface area contributed by atoms with E-state index in [9.17, 15) is 4.79 Å². The lowest BCUT2D eigenvalue weighted by Gasteiger charge is -2.14. The molecule has 1 aromatic rings. The lowest BCUT2D eigenvalue weighted by molar-refractivity contribution is 0.0591. The first kappa shape index (κ1) is 11.1. The van der Waals surface area contributed by atoms with E-state index in [1.807, 2.05) is 0 Å². The van der Waals surface area contributed by atoms with Gasteiger partial charge in [-0.3, -0.25) is 4.68 Å². The highest BCUT2D eigenvalue weighted by Crippen LogP contribution is 2.18. The molecule has 6 nitrogen and oxygen atoms in total. The summed E-state index contributed by atoms with van der Waals surface area (Å²) in [4.78, 5) is 11.5. The number of aromatic nitrogens is 2. The first-order valence-electron chi connectivity index (χ1n) is 5.26. The van der Waals surface area contributed by atoms with Gasteiger partial charge in [0, 0.05) is 30.8 Å². The molecule has 0 bridgehead atoms. The second-order valence-electron chi connectivity index (χ2n) is 3.64. The van der Waals surface area contributed by atoms with Crippen LogP contribution in [0.4, 0.5) is 0 Å². The van der Waals surface area contributed by atoms with Gasteiger partial charge in [0.1, 0.15) is 0 Å². The van der Waals surface area contributed by atoms with Gasteiger partial charge in [-0.1, -0.05) is 0 Å². The Morgan fingerprint density at radius 3 is 3.19 bits per heavy atom. The third-order valence-electron chi connectivity index (χ3n) is 2.70. The molecule has 0 aromatic carbocycles. The number of esters is 1. The molecule has 0 saturated carbocycles. The van der Waals surface area contributed by atoms with Crippen molar-refractivity contribution in [3.8, 4) is 0 Å². The third-order valence-corrected chi connectivity index (χ3v) is 2.70. The second-order valence-corrected chi connectivity index (χ2v) is 3.64. The van der Waals surface area contributed by atoms with Crippen molar-refractivity contribution in [3.63, 3.8) is 0 Å². The van der Waals surface area contributed by atoms with E-state index in [2.05, 4.69) is 15.2 Å². The number of aliphatic hydroxyl groups excluding tert-OH is 1. The lowest BCUT2D eigenvalue weighted by atomic mass is 10.1. The molecule has 0 fully saturated rings. The number of aliphatic hydroxyl groups is 1. The Hall–Kier alpha value is -1.40. The molecule has 2 heterocycles. The minimum atomic E-state index is -0.420. The quantitative estimate of drug-likeness (QED) is 0.666. The molecule has 1 aromatic heterocycles. The number of carbonyl (C=O) groups is 1. The maximum absolute atomic E-state index is 11.5. The molecule has 1 aliphatic heterocycles. The molecule has 0 atom stereocenters. The minimum Gasteiger partial charge on any atom is -0.464 e. The summed E-state index contributed by atoms with van der Waals surface area (Å²) in [5, 5.41) is 16.3. The van der Waals surface area contributed by atoms with Gasteiger partial charge in [-0.15, -0.1) is 0 Å². The summed E-state index contributed by atoms with van der Waals surface area (Å²) in [6.45, 7) is 1.93. The molecule has 88 valence electrons. The van der Waals surface area contributed by atoms with E-state index in [4.69, 9.17) is 5.11 Å². The standard InChI is InChI=1S/C10H15N3O3/c1-16-10(15)9-7-6-11-3-2-8(7)13(12-9)4-5-14/h11,14H,2-6H2,1H3. The zero-order chi connectivity index (χ0) is 11.5. The number of nitrogens with one attached hydrogen (secondary N) is 1. The first-order chi connectivity index (χ1) is 7.77. The number of hydrogen-bond donors (Lipinski definition) is 2. The van der Waals surface area contributed by atoms with Crippen molar-refractivity contribution in [2.75, 3.05) is 20.3 Å². The molecule has 2 rings (SSSR count). The number of ether oxygens (including phenoxy) is 1. The summed E-state index contributed by atoms with van der Waals surface area (Å²) < 4.78 is 6.39. The highest BCUT2D eigenvalue weighted by atomic mass is 16.5. The Morgan fingerprint density at radius 2 is 2.50 bits per heavy atom. The number of carbonyl (C=O) groups excluding carboxylic acids is 1. The predicted molar refractivity (Wildman–Crippen MR) is 56.1 cm³/mol. The zero-order valence-corrected chi connectivity index (χ0v) is 9.19. The van der Waals surface area contributed by atoms with Crippen molar-refractivity contribution in [1.82, 2.24) is 15.1 Å². The smallest absolute Gasteiger partial charge is 0.358 e. The van der Waals surface area contributed by atoms with E-state index < -0.39 is 5.97 Å². The van der Waals surface area contributed by atoms with Crippen molar-refractivity contribution >= 4 is 5.97 Å². The summed E-state index contributed by atoms with van der Waals surface area (Å²) in [5.74, 6) is -0.420. The van der Waals surface area contributed by atoms with Gasteiger partial charge in [-0.25, -0.2) is 4.79 Å². The van der Waals surface area contributed by atoms with Crippen LogP contribution in [0.25, 0.3) is 0 Å². The van der Waals surface area contributed by atoms with Crippen LogP contribution in [-0.4, -0.2) is 41.1 Å². The molecule has 1 aliphatic rings. The van der Waals surface area contributed by atoms with Gasteiger partial charge < -0.3 is 15.2 Å². The molecular weight excluding hydrogens is 210 g/mol. The maximum atomic E-state index is 11.5. The molecule has 0 radical (unpaired) electrons. The van der Waals surface area contributed by atoms with E-state index in [-0.39, 0.29) is 6.61 Å². The first-order valence-corrected chi connectivity index (χ1v) is 5.26. The fourth-order valence-electron chi connectivity index (χ4n) is 1.96. The van der Waals surface area contributed by atoms with Crippen LogP contribution in [-0.2, 0) is 24.2 Å². The average Bonchev–Trinajstić information content (AvgIpc) is 2.68.